The summed E-state index contributed by atoms with van der Waals surface area (Å²) in [6.45, 7) is 6.60. The molecular weight excluding hydrogens is 176 g/mol. The van der Waals surface area contributed by atoms with Gasteiger partial charge in [0.05, 0.1) is 5.92 Å². The van der Waals surface area contributed by atoms with E-state index in [0.29, 0.717) is 17.8 Å². The van der Waals surface area contributed by atoms with Crippen LogP contribution in [-0.4, -0.2) is 11.1 Å². The highest BCUT2D eigenvalue weighted by molar-refractivity contribution is 5.70. The molecule has 0 saturated heterocycles. The predicted octanol–water partition coefficient (Wildman–Crippen LogP) is 3.17. The SMILES string of the molecule is CC(C)CC1CC(C)CCC1C(=O)O. The van der Waals surface area contributed by atoms with E-state index in [1.165, 1.54) is 0 Å². The third kappa shape index (κ3) is 3.00. The van der Waals surface area contributed by atoms with Crippen LogP contribution >= 0.6 is 0 Å². The van der Waals surface area contributed by atoms with Gasteiger partial charge in [-0.1, -0.05) is 20.8 Å². The molecule has 0 bridgehead atoms. The fourth-order valence-corrected chi connectivity index (χ4v) is 2.69. The maximum absolute atomic E-state index is 11.1. The van der Waals surface area contributed by atoms with Crippen molar-refractivity contribution in [3.63, 3.8) is 0 Å². The van der Waals surface area contributed by atoms with Crippen LogP contribution in [0.25, 0.3) is 0 Å². The molecule has 82 valence electrons. The lowest BCUT2D eigenvalue weighted by Gasteiger charge is -2.33. The lowest BCUT2D eigenvalue weighted by molar-refractivity contribution is -0.145. The zero-order valence-corrected chi connectivity index (χ0v) is 9.49. The Kier molecular flexibility index (Phi) is 3.97. The molecule has 0 aromatic carbocycles. The highest BCUT2D eigenvalue weighted by Gasteiger charge is 2.33. The Hall–Kier alpha value is -0.530. The Morgan fingerprint density at radius 2 is 2.07 bits per heavy atom. The van der Waals surface area contributed by atoms with Crippen molar-refractivity contribution >= 4 is 5.97 Å². The average molecular weight is 198 g/mol. The van der Waals surface area contributed by atoms with Crippen molar-refractivity contribution in [2.45, 2.75) is 46.5 Å². The Morgan fingerprint density at radius 3 is 2.57 bits per heavy atom. The standard InChI is InChI=1S/C12H22O2/c1-8(2)6-10-7-9(3)4-5-11(10)12(13)14/h8-11H,4-7H2,1-3H3,(H,13,14). The lowest BCUT2D eigenvalue weighted by atomic mass is 9.71. The first kappa shape index (κ1) is 11.5. The number of carboxylic acid groups (broad SMARTS) is 1. The summed E-state index contributed by atoms with van der Waals surface area (Å²) in [6.07, 6.45) is 4.15. The van der Waals surface area contributed by atoms with Gasteiger partial charge in [0.25, 0.3) is 0 Å². The van der Waals surface area contributed by atoms with Gasteiger partial charge >= 0.3 is 5.97 Å². The van der Waals surface area contributed by atoms with Crippen molar-refractivity contribution in [3.05, 3.63) is 0 Å². The second-order valence-electron chi connectivity index (χ2n) is 5.25. The summed E-state index contributed by atoms with van der Waals surface area (Å²) in [4.78, 5) is 11.1. The van der Waals surface area contributed by atoms with E-state index in [4.69, 9.17) is 5.11 Å². The van der Waals surface area contributed by atoms with Gasteiger partial charge in [0.2, 0.25) is 0 Å². The molecule has 1 N–H and O–H groups in total. The molecule has 14 heavy (non-hydrogen) atoms. The average Bonchev–Trinajstić information content (AvgIpc) is 2.01. The van der Waals surface area contributed by atoms with Crippen LogP contribution in [0.2, 0.25) is 0 Å². The summed E-state index contributed by atoms with van der Waals surface area (Å²) >= 11 is 0. The molecule has 0 aromatic rings. The van der Waals surface area contributed by atoms with Crippen LogP contribution in [0, 0.1) is 23.7 Å². The molecule has 0 amide bonds. The summed E-state index contributed by atoms with van der Waals surface area (Å²) < 4.78 is 0. The molecule has 1 aliphatic carbocycles. The van der Waals surface area contributed by atoms with Crippen LogP contribution in [0.1, 0.15) is 46.5 Å². The Labute approximate surface area is 86.7 Å². The van der Waals surface area contributed by atoms with E-state index in [0.717, 1.165) is 25.7 Å². The number of carbonyl (C=O) groups is 1. The first-order chi connectivity index (χ1) is 6.50. The third-order valence-corrected chi connectivity index (χ3v) is 3.34. The molecule has 1 aliphatic rings. The highest BCUT2D eigenvalue weighted by atomic mass is 16.4. The quantitative estimate of drug-likeness (QED) is 0.756. The number of rotatable bonds is 3. The van der Waals surface area contributed by atoms with Gasteiger partial charge in [-0.05, 0) is 43.4 Å². The first-order valence-corrected chi connectivity index (χ1v) is 5.73. The van der Waals surface area contributed by atoms with Crippen LogP contribution in [0.5, 0.6) is 0 Å². The molecule has 3 unspecified atom stereocenters. The maximum atomic E-state index is 11.1. The summed E-state index contributed by atoms with van der Waals surface area (Å²) in [6, 6.07) is 0. The van der Waals surface area contributed by atoms with Gasteiger partial charge < -0.3 is 5.11 Å². The zero-order valence-electron chi connectivity index (χ0n) is 9.49. The van der Waals surface area contributed by atoms with E-state index >= 15 is 0 Å². The summed E-state index contributed by atoms with van der Waals surface area (Å²) in [5, 5.41) is 9.11. The van der Waals surface area contributed by atoms with E-state index in [-0.39, 0.29) is 5.92 Å². The molecule has 3 atom stereocenters. The Bertz CT molecular complexity index is 196. The second kappa shape index (κ2) is 4.81. The van der Waals surface area contributed by atoms with Gasteiger partial charge in [-0.25, -0.2) is 0 Å². The van der Waals surface area contributed by atoms with Crippen LogP contribution in [0.3, 0.4) is 0 Å². The van der Waals surface area contributed by atoms with E-state index in [9.17, 15) is 4.79 Å². The predicted molar refractivity (Wildman–Crippen MR) is 57.1 cm³/mol. The summed E-state index contributed by atoms with van der Waals surface area (Å²) in [5.41, 5.74) is 0. The van der Waals surface area contributed by atoms with Gasteiger partial charge in [0.15, 0.2) is 0 Å². The van der Waals surface area contributed by atoms with Crippen LogP contribution in [-0.2, 0) is 4.79 Å². The molecule has 1 saturated carbocycles. The lowest BCUT2D eigenvalue weighted by Crippen LogP contribution is -2.30. The van der Waals surface area contributed by atoms with Gasteiger partial charge in [0, 0.05) is 0 Å². The van der Waals surface area contributed by atoms with Crippen LogP contribution in [0.4, 0.5) is 0 Å². The monoisotopic (exact) mass is 198 g/mol. The minimum Gasteiger partial charge on any atom is -0.481 e. The molecule has 1 fully saturated rings. The number of carboxylic acids is 1. The summed E-state index contributed by atoms with van der Waals surface area (Å²) in [5.74, 6) is 1.09. The van der Waals surface area contributed by atoms with Crippen LogP contribution in [0.15, 0.2) is 0 Å². The topological polar surface area (TPSA) is 37.3 Å². The Balaban J connectivity index is 2.59. The second-order valence-corrected chi connectivity index (χ2v) is 5.25. The van der Waals surface area contributed by atoms with E-state index in [1.54, 1.807) is 0 Å². The fraction of sp³-hybridized carbons (Fsp3) is 0.917. The van der Waals surface area contributed by atoms with E-state index in [2.05, 4.69) is 20.8 Å². The molecular formula is C12H22O2. The molecule has 0 radical (unpaired) electrons. The van der Waals surface area contributed by atoms with Crippen molar-refractivity contribution in [1.29, 1.82) is 0 Å². The maximum Gasteiger partial charge on any atom is 0.306 e. The van der Waals surface area contributed by atoms with Crippen molar-refractivity contribution < 1.29 is 9.90 Å². The fourth-order valence-electron chi connectivity index (χ4n) is 2.69. The summed E-state index contributed by atoms with van der Waals surface area (Å²) in [7, 11) is 0. The third-order valence-electron chi connectivity index (χ3n) is 3.34. The van der Waals surface area contributed by atoms with Crippen LogP contribution < -0.4 is 0 Å². The molecule has 1 rings (SSSR count). The molecule has 0 spiro atoms. The number of hydrogen-bond acceptors (Lipinski definition) is 1. The van der Waals surface area contributed by atoms with Gasteiger partial charge in [-0.3, -0.25) is 4.79 Å². The first-order valence-electron chi connectivity index (χ1n) is 5.73. The Morgan fingerprint density at radius 1 is 1.43 bits per heavy atom. The van der Waals surface area contributed by atoms with E-state index in [1.807, 2.05) is 0 Å². The van der Waals surface area contributed by atoms with Crippen molar-refractivity contribution in [3.8, 4) is 0 Å². The van der Waals surface area contributed by atoms with Crippen molar-refractivity contribution in [1.82, 2.24) is 0 Å². The number of aliphatic carboxylic acids is 1. The van der Waals surface area contributed by atoms with Crippen molar-refractivity contribution in [2.24, 2.45) is 23.7 Å². The molecule has 0 aliphatic heterocycles. The van der Waals surface area contributed by atoms with Gasteiger partial charge in [-0.15, -0.1) is 0 Å². The molecule has 0 heterocycles. The smallest absolute Gasteiger partial charge is 0.306 e. The highest BCUT2D eigenvalue weighted by Crippen LogP contribution is 2.37. The molecule has 2 nitrogen and oxygen atoms in total. The molecule has 2 heteroatoms. The minimum absolute atomic E-state index is 0.0754. The number of hydrogen-bond donors (Lipinski definition) is 1. The largest absolute Gasteiger partial charge is 0.481 e. The van der Waals surface area contributed by atoms with Gasteiger partial charge in [0.1, 0.15) is 0 Å². The normalized spacial score (nSPS) is 33.3. The van der Waals surface area contributed by atoms with Gasteiger partial charge in [-0.2, -0.15) is 0 Å². The van der Waals surface area contributed by atoms with E-state index < -0.39 is 5.97 Å². The zero-order chi connectivity index (χ0) is 10.7. The van der Waals surface area contributed by atoms with Crippen molar-refractivity contribution in [2.75, 3.05) is 0 Å². The minimum atomic E-state index is -0.581. The molecule has 0 aromatic heterocycles.